The van der Waals surface area contributed by atoms with Gasteiger partial charge in [0, 0.05) is 31.8 Å². The van der Waals surface area contributed by atoms with E-state index >= 15 is 0 Å². The van der Waals surface area contributed by atoms with Crippen molar-refractivity contribution in [2.45, 2.75) is 26.2 Å². The molecule has 1 aromatic carbocycles. The summed E-state index contributed by atoms with van der Waals surface area (Å²) in [6, 6.07) is 3.03. The van der Waals surface area contributed by atoms with Crippen LogP contribution >= 0.6 is 0 Å². The summed E-state index contributed by atoms with van der Waals surface area (Å²) in [5.74, 6) is 0.330. The molecular weight excluding hydrogens is 259 g/mol. The molecule has 5 heteroatoms. The Balaban J connectivity index is 2.14. The predicted octanol–water partition coefficient (Wildman–Crippen LogP) is 2.41. The molecule has 0 amide bonds. The van der Waals surface area contributed by atoms with Crippen LogP contribution in [0.25, 0.3) is 0 Å². The summed E-state index contributed by atoms with van der Waals surface area (Å²) in [6.07, 6.45) is 2.67. The molecule has 1 aromatic rings. The van der Waals surface area contributed by atoms with Crippen LogP contribution in [0.2, 0.25) is 0 Å². The number of nitrogen functional groups attached to an aromatic ring is 1. The van der Waals surface area contributed by atoms with Crippen molar-refractivity contribution in [1.29, 1.82) is 0 Å². The molecule has 20 heavy (non-hydrogen) atoms. The first-order valence-corrected chi connectivity index (χ1v) is 7.23. The lowest BCUT2D eigenvalue weighted by molar-refractivity contribution is 0.263. The van der Waals surface area contributed by atoms with E-state index in [4.69, 9.17) is 15.6 Å². The molecule has 1 aliphatic heterocycles. The fourth-order valence-corrected chi connectivity index (χ4v) is 2.62. The molecule has 1 saturated heterocycles. The van der Waals surface area contributed by atoms with E-state index in [2.05, 4.69) is 4.90 Å². The van der Waals surface area contributed by atoms with Gasteiger partial charge in [-0.05, 0) is 25.2 Å². The summed E-state index contributed by atoms with van der Waals surface area (Å²) >= 11 is 0. The lowest BCUT2D eigenvalue weighted by Gasteiger charge is -2.22. The van der Waals surface area contributed by atoms with Gasteiger partial charge in [0.05, 0.1) is 18.0 Å². The largest absolute Gasteiger partial charge is 0.490 e. The van der Waals surface area contributed by atoms with E-state index in [1.54, 1.807) is 6.07 Å². The first-order chi connectivity index (χ1) is 9.65. The second-order valence-electron chi connectivity index (χ2n) is 5.30. The molecule has 1 fully saturated rings. The summed E-state index contributed by atoms with van der Waals surface area (Å²) in [6.45, 7) is 4.42. The first kappa shape index (κ1) is 14.9. The Hall–Kier alpha value is -1.49. The quantitative estimate of drug-likeness (QED) is 0.787. The van der Waals surface area contributed by atoms with Gasteiger partial charge in [-0.1, -0.05) is 6.92 Å². The van der Waals surface area contributed by atoms with E-state index in [1.165, 1.54) is 6.07 Å². The molecule has 0 bridgehead atoms. The molecular formula is C15H23FN2O2. The minimum atomic E-state index is -0.411. The Bertz CT molecular complexity index is 454. The van der Waals surface area contributed by atoms with E-state index in [0.717, 1.165) is 38.0 Å². The zero-order chi connectivity index (χ0) is 14.5. The number of halogens is 1. The highest BCUT2D eigenvalue weighted by molar-refractivity contribution is 5.70. The van der Waals surface area contributed by atoms with Crippen LogP contribution in [0.15, 0.2) is 12.1 Å². The highest BCUT2D eigenvalue weighted by Gasteiger charge is 2.24. The number of nitrogens with two attached hydrogens (primary N) is 1. The number of hydrogen-bond acceptors (Lipinski definition) is 4. The van der Waals surface area contributed by atoms with E-state index in [0.29, 0.717) is 18.2 Å². The van der Waals surface area contributed by atoms with Crippen LogP contribution in [0, 0.1) is 11.7 Å². The monoisotopic (exact) mass is 282 g/mol. The Morgan fingerprint density at radius 2 is 2.30 bits per heavy atom. The van der Waals surface area contributed by atoms with Crippen LogP contribution in [-0.2, 0) is 0 Å². The van der Waals surface area contributed by atoms with Gasteiger partial charge < -0.3 is 20.5 Å². The maximum Gasteiger partial charge on any atom is 0.167 e. The van der Waals surface area contributed by atoms with Gasteiger partial charge >= 0.3 is 0 Å². The second-order valence-corrected chi connectivity index (χ2v) is 5.30. The summed E-state index contributed by atoms with van der Waals surface area (Å²) < 4.78 is 19.2. The number of aliphatic hydroxyl groups excluding tert-OH is 1. The van der Waals surface area contributed by atoms with E-state index in [9.17, 15) is 4.39 Å². The molecule has 1 heterocycles. The molecule has 1 aliphatic rings. The number of benzene rings is 1. The summed E-state index contributed by atoms with van der Waals surface area (Å²) in [7, 11) is 0. The van der Waals surface area contributed by atoms with Crippen LogP contribution < -0.4 is 15.4 Å². The molecule has 112 valence electrons. The maximum absolute atomic E-state index is 13.8. The van der Waals surface area contributed by atoms with E-state index in [-0.39, 0.29) is 12.4 Å². The highest BCUT2D eigenvalue weighted by atomic mass is 19.1. The van der Waals surface area contributed by atoms with Gasteiger partial charge in [0.25, 0.3) is 0 Å². The molecule has 4 nitrogen and oxygen atoms in total. The lowest BCUT2D eigenvalue weighted by atomic mass is 10.1. The van der Waals surface area contributed by atoms with Gasteiger partial charge in [-0.15, -0.1) is 0 Å². The molecule has 0 aliphatic carbocycles. The molecule has 1 unspecified atom stereocenters. The number of ether oxygens (including phenoxy) is 1. The Morgan fingerprint density at radius 1 is 1.50 bits per heavy atom. The number of hydrogen-bond donors (Lipinski definition) is 2. The van der Waals surface area contributed by atoms with Crippen LogP contribution in [0.1, 0.15) is 26.2 Å². The Labute approximate surface area is 119 Å². The molecule has 0 aromatic heterocycles. The second kappa shape index (κ2) is 6.79. The van der Waals surface area contributed by atoms with Gasteiger partial charge in [-0.3, -0.25) is 0 Å². The lowest BCUT2D eigenvalue weighted by Crippen LogP contribution is -2.21. The third kappa shape index (κ3) is 3.33. The number of nitrogens with zero attached hydrogens (tertiary/aromatic N) is 1. The van der Waals surface area contributed by atoms with Crippen molar-refractivity contribution >= 4 is 11.4 Å². The van der Waals surface area contributed by atoms with Crippen molar-refractivity contribution in [3.63, 3.8) is 0 Å². The fourth-order valence-electron chi connectivity index (χ4n) is 2.62. The molecule has 1 atom stereocenters. The smallest absolute Gasteiger partial charge is 0.167 e. The predicted molar refractivity (Wildman–Crippen MR) is 78.6 cm³/mol. The standard InChI is InChI=1S/C15H23FN2O2/c1-2-7-20-15-9-14(13(17)8-12(15)16)18-5-3-11(10-18)4-6-19/h8-9,11,19H,2-7,10,17H2,1H3. The van der Waals surface area contributed by atoms with Crippen LogP contribution in [-0.4, -0.2) is 31.4 Å². The van der Waals surface area contributed by atoms with Gasteiger partial charge in [-0.25, -0.2) is 4.39 Å². The van der Waals surface area contributed by atoms with Crippen LogP contribution in [0.4, 0.5) is 15.8 Å². The van der Waals surface area contributed by atoms with Crippen molar-refractivity contribution in [3.05, 3.63) is 17.9 Å². The van der Waals surface area contributed by atoms with Crippen LogP contribution in [0.5, 0.6) is 5.75 Å². The van der Waals surface area contributed by atoms with Crippen molar-refractivity contribution < 1.29 is 14.2 Å². The number of aliphatic hydroxyl groups is 1. The average molecular weight is 282 g/mol. The summed E-state index contributed by atoms with van der Waals surface area (Å²) in [5.41, 5.74) is 7.20. The molecule has 2 rings (SSSR count). The van der Waals surface area contributed by atoms with Crippen molar-refractivity contribution in [2.75, 3.05) is 36.9 Å². The topological polar surface area (TPSA) is 58.7 Å². The Morgan fingerprint density at radius 3 is 3.00 bits per heavy atom. The normalized spacial score (nSPS) is 18.6. The minimum Gasteiger partial charge on any atom is -0.490 e. The number of anilines is 2. The molecule has 0 spiro atoms. The highest BCUT2D eigenvalue weighted by Crippen LogP contribution is 2.34. The van der Waals surface area contributed by atoms with E-state index in [1.807, 2.05) is 6.92 Å². The van der Waals surface area contributed by atoms with Gasteiger partial charge in [-0.2, -0.15) is 0 Å². The average Bonchev–Trinajstić information content (AvgIpc) is 2.87. The summed E-state index contributed by atoms with van der Waals surface area (Å²) in [4.78, 5) is 2.15. The zero-order valence-corrected chi connectivity index (χ0v) is 11.9. The van der Waals surface area contributed by atoms with Gasteiger partial charge in [0.1, 0.15) is 0 Å². The molecule has 3 N–H and O–H groups in total. The Kier molecular flexibility index (Phi) is 5.06. The van der Waals surface area contributed by atoms with Crippen molar-refractivity contribution in [1.82, 2.24) is 0 Å². The third-order valence-corrected chi connectivity index (χ3v) is 3.71. The number of rotatable bonds is 6. The maximum atomic E-state index is 13.8. The molecule has 0 radical (unpaired) electrons. The fraction of sp³-hybridized carbons (Fsp3) is 0.600. The van der Waals surface area contributed by atoms with Crippen molar-refractivity contribution in [3.8, 4) is 5.75 Å². The zero-order valence-electron chi connectivity index (χ0n) is 11.9. The van der Waals surface area contributed by atoms with Gasteiger partial charge in [0.15, 0.2) is 11.6 Å². The van der Waals surface area contributed by atoms with Crippen molar-refractivity contribution in [2.24, 2.45) is 5.92 Å². The minimum absolute atomic E-state index is 0.211. The third-order valence-electron chi connectivity index (χ3n) is 3.71. The summed E-state index contributed by atoms with van der Waals surface area (Å²) in [5, 5.41) is 9.00. The van der Waals surface area contributed by atoms with Gasteiger partial charge in [0.2, 0.25) is 0 Å². The van der Waals surface area contributed by atoms with E-state index < -0.39 is 5.82 Å². The van der Waals surface area contributed by atoms with Crippen LogP contribution in [0.3, 0.4) is 0 Å². The SMILES string of the molecule is CCCOc1cc(N2CCC(CCO)C2)c(N)cc1F. The first-order valence-electron chi connectivity index (χ1n) is 7.23. The molecule has 0 saturated carbocycles.